The number of hydrogen-bond donors (Lipinski definition) is 2. The zero-order valence-corrected chi connectivity index (χ0v) is 11.9. The van der Waals surface area contributed by atoms with Crippen LogP contribution in [0.5, 0.6) is 0 Å². The number of amides is 1. The van der Waals surface area contributed by atoms with Crippen molar-refractivity contribution in [3.8, 4) is 6.07 Å². The van der Waals surface area contributed by atoms with Gasteiger partial charge in [-0.25, -0.2) is 0 Å². The van der Waals surface area contributed by atoms with E-state index < -0.39 is 0 Å². The van der Waals surface area contributed by atoms with Crippen LogP contribution in [0.4, 0.5) is 11.4 Å². The first kappa shape index (κ1) is 14.6. The van der Waals surface area contributed by atoms with Crippen molar-refractivity contribution in [3.05, 3.63) is 59.7 Å². The summed E-state index contributed by atoms with van der Waals surface area (Å²) in [6.45, 7) is 2.24. The van der Waals surface area contributed by atoms with Gasteiger partial charge in [0.1, 0.15) is 6.07 Å². The number of anilines is 2. The molecular weight excluding hydrogens is 262 g/mol. The second-order valence-electron chi connectivity index (χ2n) is 4.57. The molecular formula is C17H17N3O. The summed E-state index contributed by atoms with van der Waals surface area (Å²) in [6, 6.07) is 16.9. The molecule has 0 fully saturated rings. The van der Waals surface area contributed by atoms with Gasteiger partial charge < -0.3 is 10.6 Å². The van der Waals surface area contributed by atoms with Crippen LogP contribution in [-0.4, -0.2) is 12.5 Å². The number of benzene rings is 2. The maximum atomic E-state index is 12.0. The van der Waals surface area contributed by atoms with Crippen molar-refractivity contribution >= 4 is 17.3 Å². The summed E-state index contributed by atoms with van der Waals surface area (Å²) < 4.78 is 0. The largest absolute Gasteiger partial charge is 0.376 e. The van der Waals surface area contributed by atoms with Gasteiger partial charge in [0.25, 0.3) is 0 Å². The van der Waals surface area contributed by atoms with Gasteiger partial charge in [-0.05, 0) is 30.2 Å². The predicted octanol–water partition coefficient (Wildman–Crippen LogP) is 3.17. The Morgan fingerprint density at radius 2 is 1.76 bits per heavy atom. The average Bonchev–Trinajstić information content (AvgIpc) is 2.53. The summed E-state index contributed by atoms with van der Waals surface area (Å²) in [4.78, 5) is 12.0. The monoisotopic (exact) mass is 279 g/mol. The van der Waals surface area contributed by atoms with Gasteiger partial charge in [0.15, 0.2) is 0 Å². The van der Waals surface area contributed by atoms with E-state index in [1.807, 2.05) is 24.3 Å². The molecule has 2 aromatic rings. The molecule has 0 spiro atoms. The highest BCUT2D eigenvalue weighted by molar-refractivity contribution is 5.95. The second kappa shape index (κ2) is 7.11. The summed E-state index contributed by atoms with van der Waals surface area (Å²) in [5, 5.41) is 14.9. The van der Waals surface area contributed by atoms with Crippen LogP contribution in [0.1, 0.15) is 18.1 Å². The smallest absolute Gasteiger partial charge is 0.243 e. The lowest BCUT2D eigenvalue weighted by Crippen LogP contribution is -2.22. The number of nitrogens with one attached hydrogen (secondary N) is 2. The average molecular weight is 279 g/mol. The fourth-order valence-corrected chi connectivity index (χ4v) is 2.06. The molecule has 2 aromatic carbocycles. The SMILES string of the molecule is CCc1ccccc1NCC(=O)Nc1ccccc1C#N. The normalized spacial score (nSPS) is 9.71. The molecule has 0 aliphatic heterocycles. The Labute approximate surface area is 124 Å². The van der Waals surface area contributed by atoms with Crippen molar-refractivity contribution in [2.24, 2.45) is 0 Å². The third kappa shape index (κ3) is 3.83. The molecule has 0 saturated carbocycles. The number of hydrogen-bond acceptors (Lipinski definition) is 3. The fraction of sp³-hybridized carbons (Fsp3) is 0.176. The van der Waals surface area contributed by atoms with Crippen molar-refractivity contribution in [2.75, 3.05) is 17.2 Å². The molecule has 4 nitrogen and oxygen atoms in total. The summed E-state index contributed by atoms with van der Waals surface area (Å²) in [5.41, 5.74) is 3.13. The molecule has 0 bridgehead atoms. The first-order valence-electron chi connectivity index (χ1n) is 6.85. The number of nitriles is 1. The molecule has 106 valence electrons. The zero-order chi connectivity index (χ0) is 15.1. The molecule has 2 rings (SSSR count). The first-order valence-corrected chi connectivity index (χ1v) is 6.85. The molecule has 0 saturated heterocycles. The molecule has 2 N–H and O–H groups in total. The molecule has 0 unspecified atom stereocenters. The quantitative estimate of drug-likeness (QED) is 0.883. The lowest BCUT2D eigenvalue weighted by atomic mass is 10.1. The Balaban J connectivity index is 1.98. The highest BCUT2D eigenvalue weighted by Crippen LogP contribution is 2.16. The standard InChI is InChI=1S/C17H17N3O/c1-2-13-7-3-5-9-15(13)19-12-17(21)20-16-10-6-4-8-14(16)11-18/h3-10,19H,2,12H2,1H3,(H,20,21). The third-order valence-electron chi connectivity index (χ3n) is 3.16. The number of carbonyl (C=O) groups excluding carboxylic acids is 1. The molecule has 1 amide bonds. The van der Waals surface area contributed by atoms with Crippen molar-refractivity contribution in [1.29, 1.82) is 5.26 Å². The zero-order valence-electron chi connectivity index (χ0n) is 11.9. The third-order valence-corrected chi connectivity index (χ3v) is 3.16. The van der Waals surface area contributed by atoms with Crippen LogP contribution in [-0.2, 0) is 11.2 Å². The van der Waals surface area contributed by atoms with E-state index in [0.717, 1.165) is 12.1 Å². The second-order valence-corrected chi connectivity index (χ2v) is 4.57. The van der Waals surface area contributed by atoms with Gasteiger partial charge in [-0.1, -0.05) is 37.3 Å². The van der Waals surface area contributed by atoms with E-state index in [0.29, 0.717) is 11.3 Å². The van der Waals surface area contributed by atoms with Crippen LogP contribution >= 0.6 is 0 Å². The van der Waals surface area contributed by atoms with E-state index in [4.69, 9.17) is 5.26 Å². The highest BCUT2D eigenvalue weighted by atomic mass is 16.1. The Bertz CT molecular complexity index is 674. The lowest BCUT2D eigenvalue weighted by Gasteiger charge is -2.11. The first-order chi connectivity index (χ1) is 10.2. The molecule has 4 heteroatoms. The fourth-order valence-electron chi connectivity index (χ4n) is 2.06. The minimum atomic E-state index is -0.177. The van der Waals surface area contributed by atoms with Gasteiger partial charge in [-0.2, -0.15) is 5.26 Å². The minimum Gasteiger partial charge on any atom is -0.376 e. The maximum absolute atomic E-state index is 12.0. The number of para-hydroxylation sites is 2. The van der Waals surface area contributed by atoms with E-state index in [1.54, 1.807) is 24.3 Å². The molecule has 0 heterocycles. The van der Waals surface area contributed by atoms with Gasteiger partial charge in [0, 0.05) is 5.69 Å². The van der Waals surface area contributed by atoms with Gasteiger partial charge >= 0.3 is 0 Å². The van der Waals surface area contributed by atoms with E-state index in [1.165, 1.54) is 5.56 Å². The molecule has 0 aromatic heterocycles. The summed E-state index contributed by atoms with van der Waals surface area (Å²) >= 11 is 0. The molecule has 21 heavy (non-hydrogen) atoms. The van der Waals surface area contributed by atoms with Crippen molar-refractivity contribution < 1.29 is 4.79 Å². The molecule has 0 aliphatic rings. The van der Waals surface area contributed by atoms with Crippen LogP contribution in [0.15, 0.2) is 48.5 Å². The molecule has 0 radical (unpaired) electrons. The van der Waals surface area contributed by atoms with Crippen LogP contribution in [0, 0.1) is 11.3 Å². The van der Waals surface area contributed by atoms with Crippen LogP contribution in [0.2, 0.25) is 0 Å². The number of carbonyl (C=O) groups is 1. The van der Waals surface area contributed by atoms with Gasteiger partial charge in [0.05, 0.1) is 17.8 Å². The topological polar surface area (TPSA) is 64.9 Å². The van der Waals surface area contributed by atoms with E-state index in [2.05, 4.69) is 23.6 Å². The number of nitrogens with zero attached hydrogens (tertiary/aromatic N) is 1. The van der Waals surface area contributed by atoms with Crippen molar-refractivity contribution in [3.63, 3.8) is 0 Å². The van der Waals surface area contributed by atoms with E-state index >= 15 is 0 Å². The lowest BCUT2D eigenvalue weighted by molar-refractivity contribution is -0.114. The van der Waals surface area contributed by atoms with Crippen LogP contribution in [0.3, 0.4) is 0 Å². The number of rotatable bonds is 5. The summed E-state index contributed by atoms with van der Waals surface area (Å²) in [5.74, 6) is -0.177. The molecule has 0 atom stereocenters. The van der Waals surface area contributed by atoms with Crippen LogP contribution in [0.25, 0.3) is 0 Å². The summed E-state index contributed by atoms with van der Waals surface area (Å²) in [6.07, 6.45) is 0.905. The van der Waals surface area contributed by atoms with E-state index in [-0.39, 0.29) is 12.5 Å². The Morgan fingerprint density at radius 1 is 1.10 bits per heavy atom. The maximum Gasteiger partial charge on any atom is 0.243 e. The minimum absolute atomic E-state index is 0.163. The Morgan fingerprint density at radius 3 is 2.48 bits per heavy atom. The number of aryl methyl sites for hydroxylation is 1. The Kier molecular flexibility index (Phi) is 4.94. The summed E-state index contributed by atoms with van der Waals surface area (Å²) in [7, 11) is 0. The van der Waals surface area contributed by atoms with Crippen molar-refractivity contribution in [1.82, 2.24) is 0 Å². The van der Waals surface area contributed by atoms with Crippen LogP contribution < -0.4 is 10.6 Å². The van der Waals surface area contributed by atoms with Gasteiger partial charge in [-0.3, -0.25) is 4.79 Å². The predicted molar refractivity (Wildman–Crippen MR) is 84.1 cm³/mol. The van der Waals surface area contributed by atoms with Gasteiger partial charge in [0.2, 0.25) is 5.91 Å². The highest BCUT2D eigenvalue weighted by Gasteiger charge is 2.07. The van der Waals surface area contributed by atoms with Gasteiger partial charge in [-0.15, -0.1) is 0 Å². The van der Waals surface area contributed by atoms with E-state index in [9.17, 15) is 4.79 Å². The Hall–Kier alpha value is -2.80. The molecule has 0 aliphatic carbocycles. The van der Waals surface area contributed by atoms with Crippen molar-refractivity contribution in [2.45, 2.75) is 13.3 Å².